The number of hydrogen-bond acceptors (Lipinski definition) is 6. The summed E-state index contributed by atoms with van der Waals surface area (Å²) in [5.41, 5.74) is 8.58. The highest BCUT2D eigenvalue weighted by atomic mass is 16.1. The molecule has 1 aliphatic carbocycles. The number of aromatic nitrogens is 6. The predicted molar refractivity (Wildman–Crippen MR) is 103 cm³/mol. The molecule has 0 radical (unpaired) electrons. The summed E-state index contributed by atoms with van der Waals surface area (Å²) in [5, 5.41) is 9.49. The monoisotopic (exact) mass is 373 g/mol. The summed E-state index contributed by atoms with van der Waals surface area (Å²) in [6.07, 6.45) is 6.86. The molecule has 4 aromatic rings. The highest BCUT2D eigenvalue weighted by Gasteiger charge is 2.29. The number of nitrogens with zero attached hydrogens (tertiary/aromatic N) is 6. The van der Waals surface area contributed by atoms with Gasteiger partial charge in [0.15, 0.2) is 11.2 Å². The van der Waals surface area contributed by atoms with Crippen LogP contribution in [0.4, 0.5) is 0 Å². The van der Waals surface area contributed by atoms with Crippen LogP contribution in [0, 0.1) is 11.8 Å². The minimum absolute atomic E-state index is 0.0212. The second-order valence-corrected chi connectivity index (χ2v) is 7.36. The van der Waals surface area contributed by atoms with E-state index >= 15 is 0 Å². The first-order valence-electron chi connectivity index (χ1n) is 9.39. The molecule has 1 aliphatic rings. The fraction of sp³-hybridized carbons (Fsp3) is 0.300. The molecular weight excluding hydrogens is 354 g/mol. The molecule has 0 bridgehead atoms. The number of benzene rings is 1. The average Bonchev–Trinajstić information content (AvgIpc) is 3.34. The van der Waals surface area contributed by atoms with Crippen LogP contribution in [0.3, 0.4) is 0 Å². The van der Waals surface area contributed by atoms with Gasteiger partial charge in [0, 0.05) is 23.9 Å². The normalized spacial score (nSPS) is 19.4. The van der Waals surface area contributed by atoms with Crippen LogP contribution < -0.4 is 5.73 Å². The van der Waals surface area contributed by atoms with Crippen LogP contribution in [0.1, 0.15) is 25.1 Å². The molecular formula is C20H19N7O. The molecule has 2 atom stereocenters. The van der Waals surface area contributed by atoms with Crippen molar-refractivity contribution in [2.45, 2.75) is 25.7 Å². The smallest absolute Gasteiger partial charge is 0.220 e. The van der Waals surface area contributed by atoms with Gasteiger partial charge >= 0.3 is 0 Å². The summed E-state index contributed by atoms with van der Waals surface area (Å²) in [7, 11) is 0. The van der Waals surface area contributed by atoms with Crippen molar-refractivity contribution in [3.63, 3.8) is 0 Å². The second-order valence-electron chi connectivity index (χ2n) is 7.36. The molecule has 1 aromatic carbocycles. The second kappa shape index (κ2) is 6.63. The maximum atomic E-state index is 11.4. The zero-order valence-corrected chi connectivity index (χ0v) is 15.2. The van der Waals surface area contributed by atoms with Gasteiger partial charge in [0.05, 0.1) is 17.4 Å². The Balaban J connectivity index is 1.47. The standard InChI is InChI=1S/C20H19N7O/c21-19(28)14-4-3-12(8-14)9-18-23-11-17-20(24-18)27(26-25-17)15-5-6-16-13(10-15)2-1-7-22-16/h1-2,5-7,10-12,14H,3-4,8-9H2,(H2,21,28)/t12-,14+/m1/s1. The first kappa shape index (κ1) is 16.7. The molecule has 3 aromatic heterocycles. The molecule has 8 heteroatoms. The van der Waals surface area contributed by atoms with Crippen molar-refractivity contribution >= 4 is 28.0 Å². The maximum absolute atomic E-state index is 11.4. The van der Waals surface area contributed by atoms with Gasteiger partial charge in [-0.25, -0.2) is 9.97 Å². The van der Waals surface area contributed by atoms with Gasteiger partial charge in [0.1, 0.15) is 5.82 Å². The lowest BCUT2D eigenvalue weighted by Crippen LogP contribution is -2.21. The summed E-state index contributed by atoms with van der Waals surface area (Å²) < 4.78 is 1.73. The molecule has 0 saturated heterocycles. The van der Waals surface area contributed by atoms with E-state index in [1.54, 1.807) is 17.1 Å². The number of primary amides is 1. The largest absolute Gasteiger partial charge is 0.369 e. The fourth-order valence-corrected chi connectivity index (χ4v) is 4.01. The number of hydrogen-bond donors (Lipinski definition) is 1. The third kappa shape index (κ3) is 2.96. The molecule has 1 saturated carbocycles. The minimum atomic E-state index is -0.202. The number of nitrogens with two attached hydrogens (primary N) is 1. The predicted octanol–water partition coefficient (Wildman–Crippen LogP) is 2.20. The van der Waals surface area contributed by atoms with E-state index in [1.807, 2.05) is 30.3 Å². The van der Waals surface area contributed by atoms with Gasteiger partial charge < -0.3 is 5.73 Å². The molecule has 0 aliphatic heterocycles. The number of pyridine rings is 1. The van der Waals surface area contributed by atoms with Crippen LogP contribution in [0.5, 0.6) is 0 Å². The van der Waals surface area contributed by atoms with Crippen molar-refractivity contribution in [1.29, 1.82) is 0 Å². The van der Waals surface area contributed by atoms with Gasteiger partial charge in [-0.15, -0.1) is 5.10 Å². The topological polar surface area (TPSA) is 112 Å². The van der Waals surface area contributed by atoms with Crippen molar-refractivity contribution < 1.29 is 4.79 Å². The molecule has 1 fully saturated rings. The van der Waals surface area contributed by atoms with E-state index < -0.39 is 0 Å². The van der Waals surface area contributed by atoms with E-state index in [1.165, 1.54) is 0 Å². The van der Waals surface area contributed by atoms with E-state index in [2.05, 4.69) is 20.3 Å². The first-order chi connectivity index (χ1) is 13.7. The Hall–Kier alpha value is -3.42. The van der Waals surface area contributed by atoms with Crippen molar-refractivity contribution in [2.75, 3.05) is 0 Å². The molecule has 28 heavy (non-hydrogen) atoms. The van der Waals surface area contributed by atoms with Gasteiger partial charge in [-0.2, -0.15) is 4.68 Å². The summed E-state index contributed by atoms with van der Waals surface area (Å²) in [5.74, 6) is 0.902. The highest BCUT2D eigenvalue weighted by Crippen LogP contribution is 2.32. The van der Waals surface area contributed by atoms with Gasteiger partial charge in [0.25, 0.3) is 0 Å². The number of carbonyl (C=O) groups excluding carboxylic acids is 1. The van der Waals surface area contributed by atoms with Crippen molar-refractivity contribution in [3.05, 3.63) is 48.5 Å². The lowest BCUT2D eigenvalue weighted by atomic mass is 10.0. The maximum Gasteiger partial charge on any atom is 0.220 e. The molecule has 8 nitrogen and oxygen atoms in total. The minimum Gasteiger partial charge on any atom is -0.369 e. The molecule has 5 rings (SSSR count). The number of rotatable bonds is 4. The van der Waals surface area contributed by atoms with Crippen molar-refractivity contribution in [1.82, 2.24) is 29.9 Å². The van der Waals surface area contributed by atoms with Crippen LogP contribution in [-0.2, 0) is 11.2 Å². The number of carbonyl (C=O) groups is 1. The summed E-state index contributed by atoms with van der Waals surface area (Å²) in [6, 6.07) is 9.86. The van der Waals surface area contributed by atoms with Crippen LogP contribution >= 0.6 is 0 Å². The summed E-state index contributed by atoms with van der Waals surface area (Å²) >= 11 is 0. The molecule has 0 spiro atoms. The molecule has 140 valence electrons. The Morgan fingerprint density at radius 1 is 1.18 bits per heavy atom. The summed E-state index contributed by atoms with van der Waals surface area (Å²) in [6.45, 7) is 0. The number of fused-ring (bicyclic) bond motifs is 2. The van der Waals surface area contributed by atoms with Gasteiger partial charge in [-0.1, -0.05) is 11.3 Å². The Morgan fingerprint density at radius 2 is 2.11 bits per heavy atom. The van der Waals surface area contributed by atoms with E-state index in [0.29, 0.717) is 17.1 Å². The van der Waals surface area contributed by atoms with E-state index in [0.717, 1.165) is 48.1 Å². The van der Waals surface area contributed by atoms with Crippen LogP contribution in [-0.4, -0.2) is 35.9 Å². The molecule has 2 N–H and O–H groups in total. The molecule has 3 heterocycles. The van der Waals surface area contributed by atoms with Crippen LogP contribution in [0.2, 0.25) is 0 Å². The molecule has 1 amide bonds. The SMILES string of the molecule is NC(=O)[C@H]1CC[C@@H](Cc2ncc3nnn(-c4ccc5ncccc5c4)c3n2)C1. The first-order valence-corrected chi connectivity index (χ1v) is 9.39. The Kier molecular flexibility index (Phi) is 3.96. The quantitative estimate of drug-likeness (QED) is 0.587. The van der Waals surface area contributed by atoms with Gasteiger partial charge in [-0.05, 0) is 49.4 Å². The summed E-state index contributed by atoms with van der Waals surface area (Å²) in [4.78, 5) is 24.9. The number of amides is 1. The zero-order valence-electron chi connectivity index (χ0n) is 15.2. The Labute approximate surface area is 160 Å². The van der Waals surface area contributed by atoms with Crippen molar-refractivity contribution in [2.24, 2.45) is 17.6 Å². The third-order valence-corrected chi connectivity index (χ3v) is 5.49. The van der Waals surface area contributed by atoms with Gasteiger partial charge in [0.2, 0.25) is 5.91 Å². The Morgan fingerprint density at radius 3 is 2.96 bits per heavy atom. The lowest BCUT2D eigenvalue weighted by Gasteiger charge is -2.09. The Bertz CT molecular complexity index is 1190. The van der Waals surface area contributed by atoms with Crippen LogP contribution in [0.15, 0.2) is 42.7 Å². The highest BCUT2D eigenvalue weighted by molar-refractivity contribution is 5.81. The average molecular weight is 373 g/mol. The van der Waals surface area contributed by atoms with Crippen LogP contribution in [0.25, 0.3) is 27.8 Å². The van der Waals surface area contributed by atoms with Gasteiger partial charge in [-0.3, -0.25) is 9.78 Å². The van der Waals surface area contributed by atoms with E-state index in [-0.39, 0.29) is 11.8 Å². The molecule has 0 unspecified atom stereocenters. The third-order valence-electron chi connectivity index (χ3n) is 5.49. The zero-order chi connectivity index (χ0) is 19.1. The lowest BCUT2D eigenvalue weighted by molar-refractivity contribution is -0.121. The van der Waals surface area contributed by atoms with E-state index in [9.17, 15) is 4.79 Å². The fourth-order valence-electron chi connectivity index (χ4n) is 4.01. The van der Waals surface area contributed by atoms with Crippen molar-refractivity contribution in [3.8, 4) is 5.69 Å². The van der Waals surface area contributed by atoms with E-state index in [4.69, 9.17) is 10.7 Å².